The van der Waals surface area contributed by atoms with Crippen LogP contribution in [0.3, 0.4) is 0 Å². The quantitative estimate of drug-likeness (QED) is 0.0455. The van der Waals surface area contributed by atoms with Crippen molar-refractivity contribution in [3.8, 4) is 23.0 Å². The number of rotatable bonds is 17. The second-order valence-corrected chi connectivity index (χ2v) is 17.5. The van der Waals surface area contributed by atoms with E-state index in [1.54, 1.807) is 47.1 Å². The van der Waals surface area contributed by atoms with Gasteiger partial charge in [0, 0.05) is 21.1 Å². The number of hydrogen-bond donors (Lipinski definition) is 0. The van der Waals surface area contributed by atoms with Gasteiger partial charge in [0.15, 0.2) is 0 Å². The Morgan fingerprint density at radius 2 is 0.796 bits per heavy atom. The van der Waals surface area contributed by atoms with Crippen molar-refractivity contribution in [3.63, 3.8) is 0 Å². The molecule has 0 saturated heterocycles. The smallest absolute Gasteiger partial charge is 0.207 e. The van der Waals surface area contributed by atoms with Crippen LogP contribution in [0.25, 0.3) is 0 Å². The van der Waals surface area contributed by atoms with E-state index in [-0.39, 0.29) is 0 Å². The summed E-state index contributed by atoms with van der Waals surface area (Å²) in [6.07, 6.45) is 6.56. The molecule has 0 heterocycles. The highest BCUT2D eigenvalue weighted by molar-refractivity contribution is 8.02. The Bertz CT molecular complexity index is 1840. The standard InChI is InChI=1S/C33H37N6O4P3S3/c1-6-40-30-17-9-27(10-18-30)23-34-38(4)45(48)42-32-21-13-29(14-22-32)25-36-39(5)46(49)43-33-19-11-28(12-20-33)24-35-37(3)44(47)41-31-15-7-26(2)8-16-31/h6-25,44-46H,1H2,2-5H3/b34-23+,35-24+,36-25+. The van der Waals surface area contributed by atoms with Gasteiger partial charge in [-0.25, -0.2) is 14.3 Å². The molecule has 49 heavy (non-hydrogen) atoms. The minimum absolute atomic E-state index is 0.653. The molecule has 0 amide bonds. The SMILES string of the molecule is C=COc1ccc(/C=N/N(C)[PH](=S)Oc2ccc(/C=N/N(C)[PH](=S)Oc3ccc(/C=N/N(C)[PH](=S)Oc4ccc(C)cc4)cc3)cc2)cc1. The molecule has 16 heteroatoms. The molecule has 0 fully saturated rings. The number of benzene rings is 4. The Morgan fingerprint density at radius 1 is 0.510 bits per heavy atom. The molecule has 10 nitrogen and oxygen atoms in total. The molecule has 0 aliphatic heterocycles. The summed E-state index contributed by atoms with van der Waals surface area (Å²) in [7, 11) is 0.00597. The summed E-state index contributed by atoms with van der Waals surface area (Å²) in [6, 6.07) is 30.3. The van der Waals surface area contributed by atoms with Crippen molar-refractivity contribution in [1.82, 2.24) is 14.3 Å². The third kappa shape index (κ3) is 12.9. The summed E-state index contributed by atoms with van der Waals surface area (Å²) in [5.74, 6) is 2.75. The summed E-state index contributed by atoms with van der Waals surface area (Å²) >= 11 is 16.7. The molecule has 4 aromatic carbocycles. The largest absolute Gasteiger partial charge is 0.466 e. The van der Waals surface area contributed by atoms with Crippen molar-refractivity contribution < 1.29 is 18.3 Å². The van der Waals surface area contributed by atoms with Crippen LogP contribution in [-0.4, -0.2) is 54.1 Å². The van der Waals surface area contributed by atoms with Gasteiger partial charge in [-0.2, -0.15) is 15.3 Å². The first-order valence-electron chi connectivity index (χ1n) is 14.7. The molecule has 256 valence electrons. The molecule has 0 bridgehead atoms. The average Bonchev–Trinajstić information content (AvgIpc) is 3.11. The zero-order valence-electron chi connectivity index (χ0n) is 27.3. The molecule has 4 rings (SSSR count). The normalized spacial score (nSPS) is 13.1. The van der Waals surface area contributed by atoms with E-state index in [1.165, 1.54) is 6.26 Å². The van der Waals surface area contributed by atoms with E-state index in [2.05, 4.69) is 21.9 Å². The van der Waals surface area contributed by atoms with E-state index in [1.807, 2.05) is 111 Å². The van der Waals surface area contributed by atoms with Gasteiger partial charge < -0.3 is 18.3 Å². The molecular formula is C33H37N6O4P3S3. The lowest BCUT2D eigenvalue weighted by Gasteiger charge is -2.17. The van der Waals surface area contributed by atoms with Gasteiger partial charge in [-0.1, -0.05) is 24.3 Å². The van der Waals surface area contributed by atoms with Crippen molar-refractivity contribution >= 4 is 75.3 Å². The number of hydrazone groups is 3. The van der Waals surface area contributed by atoms with E-state index >= 15 is 0 Å². The molecule has 0 aliphatic rings. The number of ether oxygens (including phenoxy) is 1. The molecule has 0 radical (unpaired) electrons. The third-order valence-corrected chi connectivity index (χ3v) is 12.7. The van der Waals surface area contributed by atoms with Crippen LogP contribution in [0.5, 0.6) is 23.0 Å². The molecule has 3 unspecified atom stereocenters. The van der Waals surface area contributed by atoms with Crippen LogP contribution in [0.4, 0.5) is 0 Å². The van der Waals surface area contributed by atoms with Gasteiger partial charge in [0.1, 0.15) is 23.0 Å². The summed E-state index contributed by atoms with van der Waals surface area (Å²) < 4.78 is 28.1. The molecule has 0 aliphatic carbocycles. The molecular weight excluding hydrogens is 734 g/mol. The molecule has 0 spiro atoms. The topological polar surface area (TPSA) is 83.7 Å². The average molecular weight is 771 g/mol. The van der Waals surface area contributed by atoms with Crippen LogP contribution in [-0.2, 0) is 35.4 Å². The maximum atomic E-state index is 6.00. The Labute approximate surface area is 305 Å². The van der Waals surface area contributed by atoms with Gasteiger partial charge in [-0.05, 0) is 144 Å². The molecule has 0 N–H and O–H groups in total. The molecule has 4 aromatic rings. The maximum absolute atomic E-state index is 6.00. The summed E-state index contributed by atoms with van der Waals surface area (Å²) in [4.78, 5) is 0. The zero-order valence-corrected chi connectivity index (χ0v) is 32.7. The molecule has 3 atom stereocenters. The first kappa shape index (κ1) is 38.0. The highest BCUT2D eigenvalue weighted by atomic mass is 32.4. The first-order chi connectivity index (χ1) is 23.6. The van der Waals surface area contributed by atoms with Crippen molar-refractivity contribution in [3.05, 3.63) is 132 Å². The lowest BCUT2D eigenvalue weighted by molar-refractivity contribution is 0.483. The van der Waals surface area contributed by atoms with Crippen LogP contribution in [0.2, 0.25) is 0 Å². The van der Waals surface area contributed by atoms with E-state index < -0.39 is 21.2 Å². The number of nitrogens with zero attached hydrogens (tertiary/aromatic N) is 6. The van der Waals surface area contributed by atoms with Gasteiger partial charge in [-0.15, -0.1) is 0 Å². The van der Waals surface area contributed by atoms with Crippen LogP contribution in [0, 0.1) is 6.92 Å². The van der Waals surface area contributed by atoms with Crippen molar-refractivity contribution in [2.24, 2.45) is 15.3 Å². The highest BCUT2D eigenvalue weighted by Gasteiger charge is 2.06. The van der Waals surface area contributed by atoms with Gasteiger partial charge in [0.25, 0.3) is 0 Å². The Balaban J connectivity index is 1.21. The van der Waals surface area contributed by atoms with Gasteiger partial charge in [0.2, 0.25) is 21.2 Å². The minimum atomic E-state index is -1.85. The second-order valence-electron chi connectivity index (χ2n) is 10.2. The summed E-state index contributed by atoms with van der Waals surface area (Å²) in [5.41, 5.74) is 3.84. The van der Waals surface area contributed by atoms with E-state index in [9.17, 15) is 0 Å². The fourth-order valence-electron chi connectivity index (χ4n) is 3.68. The monoisotopic (exact) mass is 770 g/mol. The minimum Gasteiger partial charge on any atom is -0.466 e. The number of hydrogen-bond acceptors (Lipinski definition) is 10. The van der Waals surface area contributed by atoms with E-state index in [0.29, 0.717) is 17.2 Å². The van der Waals surface area contributed by atoms with Crippen molar-refractivity contribution in [2.75, 3.05) is 21.1 Å². The zero-order chi connectivity index (χ0) is 35.2. The second kappa shape index (κ2) is 19.4. The fraction of sp³-hybridized carbons (Fsp3) is 0.121. The summed E-state index contributed by atoms with van der Waals surface area (Å²) in [6.45, 7) is 5.58. The fourth-order valence-corrected chi connectivity index (χ4v) is 6.84. The Morgan fingerprint density at radius 3 is 1.10 bits per heavy atom. The van der Waals surface area contributed by atoms with Crippen LogP contribution < -0.4 is 18.3 Å². The van der Waals surface area contributed by atoms with E-state index in [4.69, 9.17) is 53.7 Å². The van der Waals surface area contributed by atoms with Crippen LogP contribution in [0.1, 0.15) is 22.3 Å². The number of aryl methyl sites for hydroxylation is 1. The van der Waals surface area contributed by atoms with Gasteiger partial charge >= 0.3 is 0 Å². The van der Waals surface area contributed by atoms with Crippen molar-refractivity contribution in [1.29, 1.82) is 0 Å². The molecule has 0 saturated carbocycles. The lowest BCUT2D eigenvalue weighted by Crippen LogP contribution is -2.04. The summed E-state index contributed by atoms with van der Waals surface area (Å²) in [5, 5.41) is 13.3. The van der Waals surface area contributed by atoms with Crippen molar-refractivity contribution in [2.45, 2.75) is 6.92 Å². The van der Waals surface area contributed by atoms with E-state index in [0.717, 1.165) is 28.0 Å². The lowest BCUT2D eigenvalue weighted by atomic mass is 10.2. The maximum Gasteiger partial charge on any atom is 0.207 e. The molecule has 0 aromatic heterocycles. The first-order valence-corrected chi connectivity index (χ1v) is 22.2. The third-order valence-electron chi connectivity index (χ3n) is 6.43. The Hall–Kier alpha value is -3.82. The Kier molecular flexibility index (Phi) is 15.0. The predicted molar refractivity (Wildman–Crippen MR) is 216 cm³/mol. The highest BCUT2D eigenvalue weighted by Crippen LogP contribution is 2.33. The van der Waals surface area contributed by atoms with Gasteiger partial charge in [0.05, 0.1) is 24.9 Å². The van der Waals surface area contributed by atoms with Crippen LogP contribution >= 0.6 is 21.2 Å². The van der Waals surface area contributed by atoms with Crippen LogP contribution in [0.15, 0.2) is 125 Å². The van der Waals surface area contributed by atoms with Gasteiger partial charge in [-0.3, -0.25) is 0 Å². The predicted octanol–water partition coefficient (Wildman–Crippen LogP) is 8.07.